The average molecular weight is 372 g/mol. The molecule has 0 bridgehead atoms. The van der Waals surface area contributed by atoms with Gasteiger partial charge in [-0.3, -0.25) is 4.79 Å². The van der Waals surface area contributed by atoms with E-state index in [0.717, 1.165) is 31.2 Å². The molecular formula is C20H24N2O3S. The lowest BCUT2D eigenvalue weighted by atomic mass is 9.93. The summed E-state index contributed by atoms with van der Waals surface area (Å²) in [7, 11) is -3.54. The molecule has 0 saturated heterocycles. The molecule has 1 fully saturated rings. The quantitative estimate of drug-likeness (QED) is 0.743. The minimum Gasteiger partial charge on any atom is -0.326 e. The van der Waals surface area contributed by atoms with E-state index in [-0.39, 0.29) is 22.8 Å². The van der Waals surface area contributed by atoms with Crippen LogP contribution in [0.15, 0.2) is 59.5 Å². The van der Waals surface area contributed by atoms with Gasteiger partial charge in [0.2, 0.25) is 15.9 Å². The first kappa shape index (κ1) is 18.6. The second-order valence-corrected chi connectivity index (χ2v) is 8.38. The summed E-state index contributed by atoms with van der Waals surface area (Å²) in [5.41, 5.74) is 1.46. The molecule has 0 unspecified atom stereocenters. The average Bonchev–Trinajstić information content (AvgIpc) is 3.44. The molecule has 2 aromatic carbocycles. The highest BCUT2D eigenvalue weighted by Gasteiger charge is 2.28. The van der Waals surface area contributed by atoms with Crippen LogP contribution in [0.4, 0.5) is 5.69 Å². The number of anilines is 1. The summed E-state index contributed by atoms with van der Waals surface area (Å²) in [6.07, 6.45) is 3.38. The van der Waals surface area contributed by atoms with Crippen LogP contribution in [-0.4, -0.2) is 20.4 Å². The molecule has 0 aliphatic heterocycles. The van der Waals surface area contributed by atoms with Gasteiger partial charge in [-0.1, -0.05) is 49.7 Å². The van der Waals surface area contributed by atoms with Crippen LogP contribution < -0.4 is 10.0 Å². The highest BCUT2D eigenvalue weighted by molar-refractivity contribution is 7.89. The van der Waals surface area contributed by atoms with Crippen LogP contribution in [0.5, 0.6) is 0 Å². The molecule has 0 aromatic heterocycles. The third-order valence-electron chi connectivity index (χ3n) is 4.41. The molecule has 5 nitrogen and oxygen atoms in total. The molecule has 1 atom stereocenters. The van der Waals surface area contributed by atoms with Gasteiger partial charge in [0.05, 0.1) is 10.8 Å². The van der Waals surface area contributed by atoms with Crippen molar-refractivity contribution in [3.05, 3.63) is 60.2 Å². The number of carbonyl (C=O) groups is 1. The number of nitrogens with one attached hydrogen (secondary N) is 2. The second-order valence-electron chi connectivity index (χ2n) is 6.66. The lowest BCUT2D eigenvalue weighted by Crippen LogP contribution is -2.26. The van der Waals surface area contributed by atoms with Crippen LogP contribution in [0.1, 0.15) is 44.1 Å². The van der Waals surface area contributed by atoms with Crippen molar-refractivity contribution in [1.82, 2.24) is 4.72 Å². The van der Waals surface area contributed by atoms with Gasteiger partial charge in [-0.2, -0.15) is 0 Å². The third kappa shape index (κ3) is 4.71. The molecule has 3 rings (SSSR count). The van der Waals surface area contributed by atoms with Gasteiger partial charge in [0.15, 0.2) is 0 Å². The topological polar surface area (TPSA) is 75.3 Å². The van der Waals surface area contributed by atoms with E-state index in [4.69, 9.17) is 0 Å². The van der Waals surface area contributed by atoms with Crippen LogP contribution in [0, 0.1) is 0 Å². The summed E-state index contributed by atoms with van der Waals surface area (Å²) in [5, 5.41) is 2.88. The number of amides is 1. The molecule has 0 heterocycles. The molecule has 1 saturated carbocycles. The predicted molar refractivity (Wildman–Crippen MR) is 103 cm³/mol. The molecule has 6 heteroatoms. The van der Waals surface area contributed by atoms with E-state index in [1.54, 1.807) is 18.2 Å². The summed E-state index contributed by atoms with van der Waals surface area (Å²) in [6.45, 7) is 2.04. The van der Waals surface area contributed by atoms with Crippen LogP contribution in [-0.2, 0) is 14.8 Å². The van der Waals surface area contributed by atoms with Gasteiger partial charge in [-0.15, -0.1) is 0 Å². The Kier molecular flexibility index (Phi) is 5.74. The molecule has 0 spiro atoms. The van der Waals surface area contributed by atoms with Crippen molar-refractivity contribution < 1.29 is 13.2 Å². The fraction of sp³-hybridized carbons (Fsp3) is 0.350. The third-order valence-corrected chi connectivity index (χ3v) is 5.92. The number of carbonyl (C=O) groups excluding carboxylic acids is 1. The standard InChI is InChI=1S/C20H24N2O3S/c1-2-7-19(15-8-4-3-5-9-15)20(23)21-17-10-6-11-18(14-17)26(24,25)22-16-12-13-16/h3-6,8-11,14,16,19,22H,2,7,12-13H2,1H3,(H,21,23)/t19-/m1/s1. The van der Waals surface area contributed by atoms with Crippen LogP contribution in [0.3, 0.4) is 0 Å². The smallest absolute Gasteiger partial charge is 0.240 e. The zero-order valence-corrected chi connectivity index (χ0v) is 15.6. The first-order valence-electron chi connectivity index (χ1n) is 8.98. The predicted octanol–water partition coefficient (Wildman–Crippen LogP) is 3.65. The van der Waals surface area contributed by atoms with E-state index < -0.39 is 10.0 Å². The Morgan fingerprint density at radius 1 is 1.12 bits per heavy atom. The molecule has 2 N–H and O–H groups in total. The molecule has 1 amide bonds. The molecule has 138 valence electrons. The zero-order valence-electron chi connectivity index (χ0n) is 14.8. The minimum absolute atomic E-state index is 0.0465. The van der Waals surface area contributed by atoms with Crippen molar-refractivity contribution in [2.75, 3.05) is 5.32 Å². The van der Waals surface area contributed by atoms with Gasteiger partial charge in [-0.25, -0.2) is 13.1 Å². The van der Waals surface area contributed by atoms with Gasteiger partial charge in [-0.05, 0) is 43.0 Å². The maximum atomic E-state index is 12.8. The summed E-state index contributed by atoms with van der Waals surface area (Å²) in [4.78, 5) is 13.0. The van der Waals surface area contributed by atoms with E-state index >= 15 is 0 Å². The van der Waals surface area contributed by atoms with Crippen LogP contribution >= 0.6 is 0 Å². The SMILES string of the molecule is CCC[C@@H](C(=O)Nc1cccc(S(=O)(=O)NC2CC2)c1)c1ccccc1. The fourth-order valence-electron chi connectivity index (χ4n) is 2.88. The number of benzene rings is 2. The first-order valence-corrected chi connectivity index (χ1v) is 10.5. The molecule has 26 heavy (non-hydrogen) atoms. The maximum Gasteiger partial charge on any atom is 0.240 e. The Morgan fingerprint density at radius 2 is 1.85 bits per heavy atom. The zero-order chi connectivity index (χ0) is 18.6. The Labute approximate surface area is 154 Å². The van der Waals surface area contributed by atoms with Gasteiger partial charge in [0.1, 0.15) is 0 Å². The fourth-order valence-corrected chi connectivity index (χ4v) is 4.23. The van der Waals surface area contributed by atoms with E-state index in [1.165, 1.54) is 6.07 Å². The van der Waals surface area contributed by atoms with Crippen molar-refractivity contribution >= 4 is 21.6 Å². The number of hydrogen-bond acceptors (Lipinski definition) is 3. The highest BCUT2D eigenvalue weighted by Crippen LogP contribution is 2.25. The van der Waals surface area contributed by atoms with E-state index in [0.29, 0.717) is 5.69 Å². The van der Waals surface area contributed by atoms with Crippen molar-refractivity contribution in [2.45, 2.75) is 49.5 Å². The number of rotatable bonds is 8. The largest absolute Gasteiger partial charge is 0.326 e. The monoisotopic (exact) mass is 372 g/mol. The molecular weight excluding hydrogens is 348 g/mol. The van der Waals surface area contributed by atoms with E-state index in [1.807, 2.05) is 37.3 Å². The highest BCUT2D eigenvalue weighted by atomic mass is 32.2. The van der Waals surface area contributed by atoms with Gasteiger partial charge < -0.3 is 5.32 Å². The first-order chi connectivity index (χ1) is 12.5. The minimum atomic E-state index is -3.54. The summed E-state index contributed by atoms with van der Waals surface area (Å²) in [6, 6.07) is 16.1. The maximum absolute atomic E-state index is 12.8. The molecule has 1 aliphatic rings. The molecule has 2 aromatic rings. The van der Waals surface area contributed by atoms with E-state index in [2.05, 4.69) is 10.0 Å². The number of hydrogen-bond donors (Lipinski definition) is 2. The van der Waals surface area contributed by atoms with Crippen molar-refractivity contribution in [2.24, 2.45) is 0 Å². The Bertz CT molecular complexity index is 862. The van der Waals surface area contributed by atoms with Crippen LogP contribution in [0.25, 0.3) is 0 Å². The van der Waals surface area contributed by atoms with Gasteiger partial charge in [0.25, 0.3) is 0 Å². The lowest BCUT2D eigenvalue weighted by molar-refractivity contribution is -0.117. The summed E-state index contributed by atoms with van der Waals surface area (Å²) < 4.78 is 27.4. The molecule has 1 aliphatic carbocycles. The second kappa shape index (κ2) is 8.01. The van der Waals surface area contributed by atoms with E-state index in [9.17, 15) is 13.2 Å². The summed E-state index contributed by atoms with van der Waals surface area (Å²) >= 11 is 0. The van der Waals surface area contributed by atoms with Gasteiger partial charge in [0, 0.05) is 11.7 Å². The Morgan fingerprint density at radius 3 is 2.50 bits per heavy atom. The number of sulfonamides is 1. The van der Waals surface area contributed by atoms with Crippen molar-refractivity contribution in [1.29, 1.82) is 0 Å². The molecule has 0 radical (unpaired) electrons. The Hall–Kier alpha value is -2.18. The van der Waals surface area contributed by atoms with Crippen molar-refractivity contribution in [3.8, 4) is 0 Å². The van der Waals surface area contributed by atoms with Crippen molar-refractivity contribution in [3.63, 3.8) is 0 Å². The summed E-state index contributed by atoms with van der Waals surface area (Å²) in [5.74, 6) is -0.381. The Balaban J connectivity index is 1.77. The lowest BCUT2D eigenvalue weighted by Gasteiger charge is -2.17. The normalized spacial score (nSPS) is 15.4. The van der Waals surface area contributed by atoms with Crippen LogP contribution in [0.2, 0.25) is 0 Å². The van der Waals surface area contributed by atoms with Gasteiger partial charge >= 0.3 is 0 Å².